The molecule has 4 heteroatoms. The second-order valence-corrected chi connectivity index (χ2v) is 6.74. The van der Waals surface area contributed by atoms with Gasteiger partial charge in [0.25, 0.3) is 0 Å². The van der Waals surface area contributed by atoms with Crippen LogP contribution in [0.3, 0.4) is 0 Å². The third-order valence-corrected chi connectivity index (χ3v) is 3.35. The maximum atomic E-state index is 10.9. The standard InChI is InChI=1S/C16H28N2O2/c1-7-17(13-19)10-9-15(3,4)11-16(5,6)12-18(8-2)14-20/h7-8,13-14H,1-2,9-12H2,3-6H3. The Hall–Kier alpha value is -1.58. The molecule has 0 spiro atoms. The molecular formula is C16H28N2O2. The van der Waals surface area contributed by atoms with E-state index in [1.165, 1.54) is 0 Å². The first-order valence-corrected chi connectivity index (χ1v) is 6.87. The maximum absolute atomic E-state index is 10.9. The van der Waals surface area contributed by atoms with E-state index < -0.39 is 0 Å². The van der Waals surface area contributed by atoms with Crippen LogP contribution in [0.15, 0.2) is 25.6 Å². The number of amides is 2. The molecule has 0 aliphatic heterocycles. The average molecular weight is 280 g/mol. The monoisotopic (exact) mass is 280 g/mol. The molecular weight excluding hydrogens is 252 g/mol. The van der Waals surface area contributed by atoms with Crippen molar-refractivity contribution in [3.8, 4) is 0 Å². The van der Waals surface area contributed by atoms with Gasteiger partial charge in [-0.25, -0.2) is 0 Å². The lowest BCUT2D eigenvalue weighted by molar-refractivity contribution is -0.117. The Bertz CT molecular complexity index is 332. The van der Waals surface area contributed by atoms with E-state index in [9.17, 15) is 9.59 Å². The van der Waals surface area contributed by atoms with Crippen molar-refractivity contribution in [3.63, 3.8) is 0 Å². The molecule has 0 saturated carbocycles. The molecule has 0 saturated heterocycles. The topological polar surface area (TPSA) is 40.6 Å². The Kier molecular flexibility index (Phi) is 7.25. The van der Waals surface area contributed by atoms with E-state index in [1.807, 2.05) is 0 Å². The van der Waals surface area contributed by atoms with Crippen molar-refractivity contribution < 1.29 is 9.59 Å². The number of rotatable bonds is 11. The van der Waals surface area contributed by atoms with Crippen molar-refractivity contribution in [3.05, 3.63) is 25.6 Å². The van der Waals surface area contributed by atoms with Crippen molar-refractivity contribution >= 4 is 12.8 Å². The van der Waals surface area contributed by atoms with E-state index in [0.29, 0.717) is 13.1 Å². The van der Waals surface area contributed by atoms with Crippen LogP contribution < -0.4 is 0 Å². The smallest absolute Gasteiger partial charge is 0.213 e. The van der Waals surface area contributed by atoms with Crippen LogP contribution in [0, 0.1) is 10.8 Å². The Morgan fingerprint density at radius 2 is 1.40 bits per heavy atom. The van der Waals surface area contributed by atoms with Gasteiger partial charge in [0.05, 0.1) is 0 Å². The first kappa shape index (κ1) is 18.4. The normalized spacial score (nSPS) is 11.6. The highest BCUT2D eigenvalue weighted by Gasteiger charge is 2.30. The summed E-state index contributed by atoms with van der Waals surface area (Å²) in [5, 5.41) is 0. The lowest BCUT2D eigenvalue weighted by Gasteiger charge is -2.37. The predicted octanol–water partition coefficient (Wildman–Crippen LogP) is 3.02. The third kappa shape index (κ3) is 7.12. The molecule has 0 heterocycles. The zero-order valence-electron chi connectivity index (χ0n) is 13.3. The minimum atomic E-state index is -0.0151. The number of hydrogen-bond acceptors (Lipinski definition) is 2. The van der Waals surface area contributed by atoms with Crippen LogP contribution in [0.2, 0.25) is 0 Å². The predicted molar refractivity (Wildman–Crippen MR) is 82.7 cm³/mol. The van der Waals surface area contributed by atoms with E-state index in [2.05, 4.69) is 40.9 Å². The Morgan fingerprint density at radius 3 is 1.80 bits per heavy atom. The van der Waals surface area contributed by atoms with Crippen LogP contribution >= 0.6 is 0 Å². The number of nitrogens with zero attached hydrogens (tertiary/aromatic N) is 2. The van der Waals surface area contributed by atoms with Crippen LogP contribution in [-0.4, -0.2) is 35.7 Å². The molecule has 0 atom stereocenters. The van der Waals surface area contributed by atoms with Gasteiger partial charge in [0, 0.05) is 13.1 Å². The van der Waals surface area contributed by atoms with Gasteiger partial charge in [-0.3, -0.25) is 9.59 Å². The SMILES string of the molecule is C=CN(C=O)CCC(C)(C)CC(C)(C)CN(C=C)C=O. The molecule has 2 amide bonds. The maximum Gasteiger partial charge on any atom is 0.213 e. The van der Waals surface area contributed by atoms with E-state index in [4.69, 9.17) is 0 Å². The second-order valence-electron chi connectivity index (χ2n) is 6.74. The summed E-state index contributed by atoms with van der Waals surface area (Å²) in [5.41, 5.74) is 0.0578. The van der Waals surface area contributed by atoms with Gasteiger partial charge in [-0.05, 0) is 36.1 Å². The van der Waals surface area contributed by atoms with Crippen LogP contribution in [0.4, 0.5) is 0 Å². The fourth-order valence-corrected chi connectivity index (χ4v) is 2.70. The van der Waals surface area contributed by atoms with Crippen LogP contribution in [0.25, 0.3) is 0 Å². The molecule has 0 aliphatic carbocycles. The van der Waals surface area contributed by atoms with Crippen molar-refractivity contribution in [2.75, 3.05) is 13.1 Å². The van der Waals surface area contributed by atoms with Gasteiger partial charge in [-0.1, -0.05) is 40.9 Å². The molecule has 114 valence electrons. The van der Waals surface area contributed by atoms with Gasteiger partial charge >= 0.3 is 0 Å². The van der Waals surface area contributed by atoms with Crippen LogP contribution in [-0.2, 0) is 9.59 Å². The largest absolute Gasteiger partial charge is 0.322 e. The zero-order chi connectivity index (χ0) is 15.8. The van der Waals surface area contributed by atoms with Gasteiger partial charge < -0.3 is 9.80 Å². The summed E-state index contributed by atoms with van der Waals surface area (Å²) in [6.45, 7) is 17.2. The Balaban J connectivity index is 4.55. The molecule has 0 aromatic carbocycles. The summed E-state index contributed by atoms with van der Waals surface area (Å²) < 4.78 is 0. The van der Waals surface area contributed by atoms with E-state index in [0.717, 1.165) is 25.7 Å². The van der Waals surface area contributed by atoms with Crippen molar-refractivity contribution in [1.29, 1.82) is 0 Å². The minimum Gasteiger partial charge on any atom is -0.322 e. The molecule has 0 unspecified atom stereocenters. The molecule has 0 rings (SSSR count). The van der Waals surface area contributed by atoms with Crippen molar-refractivity contribution in [2.24, 2.45) is 10.8 Å². The first-order valence-electron chi connectivity index (χ1n) is 6.87. The summed E-state index contributed by atoms with van der Waals surface area (Å²) in [7, 11) is 0. The minimum absolute atomic E-state index is 0.0151. The molecule has 0 fully saturated rings. The van der Waals surface area contributed by atoms with Crippen LogP contribution in [0.1, 0.15) is 40.5 Å². The summed E-state index contributed by atoms with van der Waals surface area (Å²) >= 11 is 0. The molecule has 0 N–H and O–H groups in total. The van der Waals surface area contributed by atoms with Gasteiger partial charge in [0.2, 0.25) is 12.8 Å². The highest BCUT2D eigenvalue weighted by molar-refractivity contribution is 5.49. The molecule has 0 aliphatic rings. The Labute approximate surface area is 123 Å². The van der Waals surface area contributed by atoms with Crippen LogP contribution in [0.5, 0.6) is 0 Å². The van der Waals surface area contributed by atoms with Crippen molar-refractivity contribution in [2.45, 2.75) is 40.5 Å². The van der Waals surface area contributed by atoms with Gasteiger partial charge in [-0.15, -0.1) is 0 Å². The highest BCUT2D eigenvalue weighted by atomic mass is 16.1. The fraction of sp³-hybridized carbons (Fsp3) is 0.625. The lowest BCUT2D eigenvalue weighted by Crippen LogP contribution is -2.34. The third-order valence-electron chi connectivity index (χ3n) is 3.35. The quantitative estimate of drug-likeness (QED) is 0.546. The van der Waals surface area contributed by atoms with Crippen molar-refractivity contribution in [1.82, 2.24) is 9.80 Å². The molecule has 0 aromatic rings. The highest BCUT2D eigenvalue weighted by Crippen LogP contribution is 2.36. The second kappa shape index (κ2) is 7.88. The number of carbonyl (C=O) groups is 2. The summed E-state index contributed by atoms with van der Waals surface area (Å²) in [6, 6.07) is 0. The van der Waals surface area contributed by atoms with E-state index in [1.54, 1.807) is 22.2 Å². The first-order chi connectivity index (χ1) is 9.19. The zero-order valence-corrected chi connectivity index (χ0v) is 13.3. The molecule has 0 bridgehead atoms. The number of carbonyl (C=O) groups excluding carboxylic acids is 2. The van der Waals surface area contributed by atoms with E-state index in [-0.39, 0.29) is 10.8 Å². The van der Waals surface area contributed by atoms with Gasteiger partial charge in [0.1, 0.15) is 0 Å². The molecule has 20 heavy (non-hydrogen) atoms. The number of hydrogen-bond donors (Lipinski definition) is 0. The summed E-state index contributed by atoms with van der Waals surface area (Å²) in [5.74, 6) is 0. The van der Waals surface area contributed by atoms with E-state index >= 15 is 0 Å². The fourth-order valence-electron chi connectivity index (χ4n) is 2.70. The molecule has 0 aromatic heterocycles. The van der Waals surface area contributed by atoms with Gasteiger partial charge in [-0.2, -0.15) is 0 Å². The molecule has 4 nitrogen and oxygen atoms in total. The average Bonchev–Trinajstić information content (AvgIpc) is 2.35. The van der Waals surface area contributed by atoms with Gasteiger partial charge in [0.15, 0.2) is 0 Å². The Morgan fingerprint density at radius 1 is 0.900 bits per heavy atom. The summed E-state index contributed by atoms with van der Waals surface area (Å²) in [6.07, 6.45) is 6.51. The molecule has 0 radical (unpaired) electrons. The summed E-state index contributed by atoms with van der Waals surface area (Å²) in [4.78, 5) is 24.7. The lowest BCUT2D eigenvalue weighted by atomic mass is 9.73.